The smallest absolute Gasteiger partial charge is 0.226 e. The summed E-state index contributed by atoms with van der Waals surface area (Å²) >= 11 is 5.91. The Morgan fingerprint density at radius 3 is 2.96 bits per heavy atom. The van der Waals surface area contributed by atoms with Crippen LogP contribution in [0.3, 0.4) is 0 Å². The molecule has 0 bridgehead atoms. The number of carbonyl (C=O) groups is 1. The van der Waals surface area contributed by atoms with E-state index in [0.717, 1.165) is 37.2 Å². The number of hydrogen-bond donors (Lipinski definition) is 2. The summed E-state index contributed by atoms with van der Waals surface area (Å²) in [5.41, 5.74) is 7.21. The second-order valence-corrected chi connectivity index (χ2v) is 6.74. The summed E-state index contributed by atoms with van der Waals surface area (Å²) < 4.78 is 5.59. The molecule has 134 valence electrons. The fourth-order valence-corrected chi connectivity index (χ4v) is 3.21. The van der Waals surface area contributed by atoms with Crippen LogP contribution in [0.5, 0.6) is 0 Å². The zero-order valence-corrected chi connectivity index (χ0v) is 14.8. The number of piperidine rings is 1. The van der Waals surface area contributed by atoms with E-state index in [0.29, 0.717) is 30.5 Å². The van der Waals surface area contributed by atoms with E-state index in [1.165, 1.54) is 0 Å². The number of rotatable bonds is 6. The number of hydrogen-bond acceptors (Lipinski definition) is 5. The molecule has 1 fully saturated rings. The molecule has 1 aliphatic rings. The molecule has 3 rings (SSSR count). The molecule has 2 aromatic rings. The van der Waals surface area contributed by atoms with E-state index in [2.05, 4.69) is 15.2 Å². The third-order valence-electron chi connectivity index (χ3n) is 4.35. The molecule has 7 heteroatoms. The molecule has 25 heavy (non-hydrogen) atoms. The minimum Gasteiger partial charge on any atom is -0.444 e. The van der Waals surface area contributed by atoms with Gasteiger partial charge in [0.05, 0.1) is 11.6 Å². The lowest BCUT2D eigenvalue weighted by Crippen LogP contribution is -2.43. The highest BCUT2D eigenvalue weighted by atomic mass is 35.5. The Balaban J connectivity index is 1.59. The van der Waals surface area contributed by atoms with Crippen molar-refractivity contribution >= 4 is 17.5 Å². The average Bonchev–Trinajstić information content (AvgIpc) is 3.09. The van der Waals surface area contributed by atoms with Crippen LogP contribution in [0, 0.1) is 5.92 Å². The van der Waals surface area contributed by atoms with Gasteiger partial charge in [-0.1, -0.05) is 11.6 Å². The van der Waals surface area contributed by atoms with Crippen LogP contribution in [-0.4, -0.2) is 42.0 Å². The summed E-state index contributed by atoms with van der Waals surface area (Å²) in [6.45, 7) is 3.37. The first-order valence-corrected chi connectivity index (χ1v) is 8.94. The van der Waals surface area contributed by atoms with E-state index in [1.807, 2.05) is 24.3 Å². The van der Waals surface area contributed by atoms with Gasteiger partial charge in [0.15, 0.2) is 0 Å². The molecule has 6 nitrogen and oxygen atoms in total. The number of nitrogens with zero attached hydrogens (tertiary/aromatic N) is 2. The number of halogens is 1. The van der Waals surface area contributed by atoms with Crippen LogP contribution in [0.4, 0.5) is 0 Å². The summed E-state index contributed by atoms with van der Waals surface area (Å²) in [6.07, 6.45) is 3.60. The predicted octanol–water partition coefficient (Wildman–Crippen LogP) is 2.28. The van der Waals surface area contributed by atoms with E-state index < -0.39 is 0 Å². The highest BCUT2D eigenvalue weighted by molar-refractivity contribution is 6.30. The summed E-state index contributed by atoms with van der Waals surface area (Å²) in [6, 6.07) is 7.40. The van der Waals surface area contributed by atoms with Crippen molar-refractivity contribution in [3.05, 3.63) is 41.2 Å². The third-order valence-corrected chi connectivity index (χ3v) is 4.60. The number of aromatic nitrogens is 1. The Bertz CT molecular complexity index is 701. The van der Waals surface area contributed by atoms with Gasteiger partial charge in [-0.2, -0.15) is 0 Å². The fraction of sp³-hybridized carbons (Fsp3) is 0.444. The maximum atomic E-state index is 12.1. The van der Waals surface area contributed by atoms with E-state index in [-0.39, 0.29) is 11.8 Å². The molecule has 0 spiro atoms. The molecule has 1 aliphatic heterocycles. The molecule has 3 N–H and O–H groups in total. The monoisotopic (exact) mass is 362 g/mol. The second-order valence-electron chi connectivity index (χ2n) is 6.30. The lowest BCUT2D eigenvalue weighted by Gasteiger charge is -2.31. The first-order valence-electron chi connectivity index (χ1n) is 8.56. The highest BCUT2D eigenvalue weighted by Gasteiger charge is 2.26. The number of benzene rings is 1. The van der Waals surface area contributed by atoms with Crippen molar-refractivity contribution in [3.63, 3.8) is 0 Å². The standard InChI is InChI=1S/C18H23ClN4O2/c19-15-5-3-13(4-6-15)18-22-16(12-25-18)11-23-9-1-2-14(10-23)17(24)21-8-7-20/h3-6,12,14H,1-2,7-11,20H2,(H,21,24). The Labute approximate surface area is 152 Å². The number of nitrogens with one attached hydrogen (secondary N) is 1. The number of likely N-dealkylation sites (tertiary alicyclic amines) is 1. The minimum absolute atomic E-state index is 0.0166. The van der Waals surface area contributed by atoms with Gasteiger partial charge in [0.25, 0.3) is 0 Å². The molecule has 1 aromatic heterocycles. The van der Waals surface area contributed by atoms with Crippen LogP contribution >= 0.6 is 11.6 Å². The van der Waals surface area contributed by atoms with Gasteiger partial charge < -0.3 is 15.5 Å². The summed E-state index contributed by atoms with van der Waals surface area (Å²) in [4.78, 5) is 18.9. The molecule has 0 radical (unpaired) electrons. The molecule has 0 aliphatic carbocycles. The Hall–Kier alpha value is -1.89. The quantitative estimate of drug-likeness (QED) is 0.823. The van der Waals surface area contributed by atoms with E-state index in [1.54, 1.807) is 6.26 Å². The molecule has 1 amide bonds. The number of oxazole rings is 1. The van der Waals surface area contributed by atoms with Crippen LogP contribution in [0.2, 0.25) is 5.02 Å². The molecule has 1 atom stereocenters. The average molecular weight is 363 g/mol. The predicted molar refractivity (Wildman–Crippen MR) is 97.0 cm³/mol. The topological polar surface area (TPSA) is 84.4 Å². The first-order chi connectivity index (χ1) is 12.2. The van der Waals surface area contributed by atoms with Gasteiger partial charge in [-0.25, -0.2) is 4.98 Å². The van der Waals surface area contributed by atoms with Crippen molar-refractivity contribution < 1.29 is 9.21 Å². The lowest BCUT2D eigenvalue weighted by atomic mass is 9.97. The van der Waals surface area contributed by atoms with Crippen LogP contribution < -0.4 is 11.1 Å². The molecule has 1 aromatic carbocycles. The molecular weight excluding hydrogens is 340 g/mol. The number of nitrogens with two attached hydrogens (primary N) is 1. The second kappa shape index (κ2) is 8.47. The zero-order valence-electron chi connectivity index (χ0n) is 14.1. The maximum Gasteiger partial charge on any atom is 0.226 e. The van der Waals surface area contributed by atoms with Crippen molar-refractivity contribution in [2.75, 3.05) is 26.2 Å². The van der Waals surface area contributed by atoms with Gasteiger partial charge in [-0.15, -0.1) is 0 Å². The summed E-state index contributed by atoms with van der Waals surface area (Å²) in [5, 5.41) is 3.56. The van der Waals surface area contributed by atoms with Gasteiger partial charge in [0.2, 0.25) is 11.8 Å². The molecule has 1 saturated heterocycles. The van der Waals surface area contributed by atoms with E-state index >= 15 is 0 Å². The molecular formula is C18H23ClN4O2. The van der Waals surface area contributed by atoms with Gasteiger partial charge in [0, 0.05) is 36.8 Å². The Kier molecular flexibility index (Phi) is 6.07. The minimum atomic E-state index is 0.0166. The van der Waals surface area contributed by atoms with Crippen molar-refractivity contribution in [2.24, 2.45) is 11.7 Å². The van der Waals surface area contributed by atoms with E-state index in [4.69, 9.17) is 21.8 Å². The Morgan fingerprint density at radius 2 is 2.20 bits per heavy atom. The van der Waals surface area contributed by atoms with Crippen LogP contribution in [0.1, 0.15) is 18.5 Å². The van der Waals surface area contributed by atoms with Crippen molar-refractivity contribution in [1.82, 2.24) is 15.2 Å². The normalized spacial score (nSPS) is 18.2. The number of amides is 1. The first kappa shape index (κ1) is 17.9. The van der Waals surface area contributed by atoms with Crippen LogP contribution in [0.15, 0.2) is 34.9 Å². The van der Waals surface area contributed by atoms with Gasteiger partial charge in [0.1, 0.15) is 6.26 Å². The number of carbonyl (C=O) groups excluding carboxylic acids is 1. The van der Waals surface area contributed by atoms with E-state index in [9.17, 15) is 4.79 Å². The molecule has 2 heterocycles. The van der Waals surface area contributed by atoms with Crippen LogP contribution in [-0.2, 0) is 11.3 Å². The molecule has 0 saturated carbocycles. The van der Waals surface area contributed by atoms with Gasteiger partial charge >= 0.3 is 0 Å². The maximum absolute atomic E-state index is 12.1. The largest absolute Gasteiger partial charge is 0.444 e. The highest BCUT2D eigenvalue weighted by Crippen LogP contribution is 2.23. The third kappa shape index (κ3) is 4.81. The SMILES string of the molecule is NCCNC(=O)C1CCCN(Cc2coc(-c3ccc(Cl)cc3)n2)C1. The van der Waals surface area contributed by atoms with Crippen molar-refractivity contribution in [2.45, 2.75) is 19.4 Å². The lowest BCUT2D eigenvalue weighted by molar-refractivity contribution is -0.126. The van der Waals surface area contributed by atoms with Gasteiger partial charge in [-0.3, -0.25) is 9.69 Å². The summed E-state index contributed by atoms with van der Waals surface area (Å²) in [7, 11) is 0. The van der Waals surface area contributed by atoms with Crippen molar-refractivity contribution in [3.8, 4) is 11.5 Å². The fourth-order valence-electron chi connectivity index (χ4n) is 3.09. The Morgan fingerprint density at radius 1 is 1.40 bits per heavy atom. The summed E-state index contributed by atoms with van der Waals surface area (Å²) in [5.74, 6) is 0.695. The zero-order chi connectivity index (χ0) is 17.6. The molecule has 1 unspecified atom stereocenters. The van der Waals surface area contributed by atoms with Crippen LogP contribution in [0.25, 0.3) is 11.5 Å². The van der Waals surface area contributed by atoms with Gasteiger partial charge in [-0.05, 0) is 43.7 Å². The van der Waals surface area contributed by atoms with Crippen molar-refractivity contribution in [1.29, 1.82) is 0 Å².